The summed E-state index contributed by atoms with van der Waals surface area (Å²) < 4.78 is 5.25. The summed E-state index contributed by atoms with van der Waals surface area (Å²) in [6.07, 6.45) is 0. The standard InChI is InChI=1S/C14H13ClN2O3/c1-20-13-5-3-2-4-12(13)14(16)9-6-10(15)8-11(7-9)17(18)19/h2-8,14H,16H2,1H3. The van der Waals surface area contributed by atoms with Gasteiger partial charge in [-0.25, -0.2) is 0 Å². The summed E-state index contributed by atoms with van der Waals surface area (Å²) in [7, 11) is 1.55. The molecule has 2 rings (SSSR count). The van der Waals surface area contributed by atoms with Gasteiger partial charge in [0.25, 0.3) is 5.69 Å². The molecule has 2 aromatic carbocycles. The molecule has 0 amide bonds. The molecule has 0 radical (unpaired) electrons. The lowest BCUT2D eigenvalue weighted by Gasteiger charge is -2.16. The van der Waals surface area contributed by atoms with Crippen molar-refractivity contribution in [1.29, 1.82) is 0 Å². The van der Waals surface area contributed by atoms with E-state index in [-0.39, 0.29) is 10.7 Å². The average molecular weight is 293 g/mol. The fourth-order valence-electron chi connectivity index (χ4n) is 1.98. The molecule has 2 N–H and O–H groups in total. The number of hydrogen-bond donors (Lipinski definition) is 1. The first kappa shape index (κ1) is 14.3. The minimum atomic E-state index is -0.552. The van der Waals surface area contributed by atoms with E-state index >= 15 is 0 Å². The Morgan fingerprint density at radius 3 is 2.65 bits per heavy atom. The Morgan fingerprint density at radius 1 is 1.30 bits per heavy atom. The molecule has 0 aliphatic rings. The van der Waals surface area contributed by atoms with E-state index < -0.39 is 11.0 Å². The highest BCUT2D eigenvalue weighted by Crippen LogP contribution is 2.31. The lowest BCUT2D eigenvalue weighted by Crippen LogP contribution is -2.13. The minimum Gasteiger partial charge on any atom is -0.496 e. The van der Waals surface area contributed by atoms with Gasteiger partial charge in [-0.1, -0.05) is 29.8 Å². The van der Waals surface area contributed by atoms with Gasteiger partial charge in [-0.05, 0) is 17.7 Å². The molecule has 5 nitrogen and oxygen atoms in total. The predicted octanol–water partition coefficient (Wildman–Crippen LogP) is 3.30. The van der Waals surface area contributed by atoms with Crippen LogP contribution < -0.4 is 10.5 Å². The van der Waals surface area contributed by atoms with Gasteiger partial charge in [0.05, 0.1) is 18.1 Å². The second-order valence-corrected chi connectivity index (χ2v) is 4.66. The fourth-order valence-corrected chi connectivity index (χ4v) is 2.22. The number of halogens is 1. The SMILES string of the molecule is COc1ccccc1C(N)c1cc(Cl)cc([N+](=O)[O-])c1. The van der Waals surface area contributed by atoms with Crippen LogP contribution in [0.1, 0.15) is 17.2 Å². The van der Waals surface area contributed by atoms with E-state index in [1.807, 2.05) is 18.2 Å². The Bertz CT molecular complexity index is 646. The van der Waals surface area contributed by atoms with Crippen molar-refractivity contribution >= 4 is 17.3 Å². The van der Waals surface area contributed by atoms with Gasteiger partial charge >= 0.3 is 0 Å². The third-order valence-electron chi connectivity index (χ3n) is 2.95. The normalized spacial score (nSPS) is 11.9. The monoisotopic (exact) mass is 292 g/mol. The highest BCUT2D eigenvalue weighted by Gasteiger charge is 2.17. The highest BCUT2D eigenvalue weighted by molar-refractivity contribution is 6.30. The van der Waals surface area contributed by atoms with Gasteiger partial charge in [-0.2, -0.15) is 0 Å². The Hall–Kier alpha value is -2.11. The number of non-ortho nitro benzene ring substituents is 1. The number of rotatable bonds is 4. The maximum atomic E-state index is 10.9. The van der Waals surface area contributed by atoms with Crippen LogP contribution in [0.3, 0.4) is 0 Å². The topological polar surface area (TPSA) is 78.4 Å². The Morgan fingerprint density at radius 2 is 2.00 bits per heavy atom. The van der Waals surface area contributed by atoms with Crippen molar-refractivity contribution in [2.45, 2.75) is 6.04 Å². The zero-order chi connectivity index (χ0) is 14.7. The van der Waals surface area contributed by atoms with Gasteiger partial charge in [-0.15, -0.1) is 0 Å². The molecule has 0 saturated carbocycles. The van der Waals surface area contributed by atoms with E-state index in [9.17, 15) is 10.1 Å². The van der Waals surface area contributed by atoms with Crippen LogP contribution in [0, 0.1) is 10.1 Å². The van der Waals surface area contributed by atoms with Crippen LogP contribution >= 0.6 is 11.6 Å². The molecular weight excluding hydrogens is 280 g/mol. The molecular formula is C14H13ClN2O3. The number of nitro benzene ring substituents is 1. The summed E-state index contributed by atoms with van der Waals surface area (Å²) in [5.41, 5.74) is 7.39. The molecule has 20 heavy (non-hydrogen) atoms. The molecule has 0 heterocycles. The van der Waals surface area contributed by atoms with E-state index in [1.165, 1.54) is 12.1 Å². The maximum absolute atomic E-state index is 10.9. The van der Waals surface area contributed by atoms with Crippen LogP contribution in [0.25, 0.3) is 0 Å². The van der Waals surface area contributed by atoms with Gasteiger partial charge in [0, 0.05) is 22.7 Å². The van der Waals surface area contributed by atoms with Gasteiger partial charge < -0.3 is 10.5 Å². The third kappa shape index (κ3) is 2.89. The van der Waals surface area contributed by atoms with Gasteiger partial charge in [-0.3, -0.25) is 10.1 Å². The smallest absolute Gasteiger partial charge is 0.271 e. The third-order valence-corrected chi connectivity index (χ3v) is 3.17. The van der Waals surface area contributed by atoms with Gasteiger partial charge in [0.15, 0.2) is 0 Å². The first-order chi connectivity index (χ1) is 9.52. The number of methoxy groups -OCH3 is 1. The molecule has 104 valence electrons. The number of benzene rings is 2. The summed E-state index contributed by atoms with van der Waals surface area (Å²) in [5.74, 6) is 0.627. The Kier molecular flexibility index (Phi) is 4.22. The molecule has 0 bridgehead atoms. The average Bonchev–Trinajstić information content (AvgIpc) is 2.45. The molecule has 0 spiro atoms. The predicted molar refractivity (Wildman–Crippen MR) is 77.1 cm³/mol. The number of nitro groups is 1. The van der Waals surface area contributed by atoms with Crippen LogP contribution in [0.5, 0.6) is 5.75 Å². The summed E-state index contributed by atoms with van der Waals surface area (Å²) >= 11 is 5.91. The molecule has 1 unspecified atom stereocenters. The number of para-hydroxylation sites is 1. The summed E-state index contributed by atoms with van der Waals surface area (Å²) in [6, 6.07) is 11.0. The summed E-state index contributed by atoms with van der Waals surface area (Å²) in [5, 5.41) is 11.1. The van der Waals surface area contributed by atoms with Crippen LogP contribution in [0.2, 0.25) is 5.02 Å². The zero-order valence-corrected chi connectivity index (χ0v) is 11.5. The van der Waals surface area contributed by atoms with E-state index in [1.54, 1.807) is 19.2 Å². The van der Waals surface area contributed by atoms with Crippen molar-refractivity contribution in [3.05, 3.63) is 68.7 Å². The molecule has 2 aromatic rings. The molecule has 0 aliphatic heterocycles. The first-order valence-corrected chi connectivity index (χ1v) is 6.24. The van der Waals surface area contributed by atoms with E-state index in [4.69, 9.17) is 22.1 Å². The van der Waals surface area contributed by atoms with Crippen LogP contribution in [-0.2, 0) is 0 Å². The van der Waals surface area contributed by atoms with Crippen molar-refractivity contribution < 1.29 is 9.66 Å². The van der Waals surface area contributed by atoms with Gasteiger partial charge in [0.1, 0.15) is 5.75 Å². The van der Waals surface area contributed by atoms with Crippen molar-refractivity contribution in [2.75, 3.05) is 7.11 Å². The van der Waals surface area contributed by atoms with E-state index in [0.29, 0.717) is 11.3 Å². The summed E-state index contributed by atoms with van der Waals surface area (Å²) in [6.45, 7) is 0. The second-order valence-electron chi connectivity index (χ2n) is 4.22. The quantitative estimate of drug-likeness (QED) is 0.692. The van der Waals surface area contributed by atoms with Crippen molar-refractivity contribution in [2.24, 2.45) is 5.73 Å². The van der Waals surface area contributed by atoms with Crippen molar-refractivity contribution in [3.63, 3.8) is 0 Å². The van der Waals surface area contributed by atoms with Crippen LogP contribution in [0.15, 0.2) is 42.5 Å². The fraction of sp³-hybridized carbons (Fsp3) is 0.143. The number of nitrogens with zero attached hydrogens (tertiary/aromatic N) is 1. The zero-order valence-electron chi connectivity index (χ0n) is 10.7. The van der Waals surface area contributed by atoms with Crippen molar-refractivity contribution in [3.8, 4) is 5.75 Å². The molecule has 0 fully saturated rings. The Labute approximate surface area is 121 Å². The maximum Gasteiger partial charge on any atom is 0.271 e. The molecule has 0 aromatic heterocycles. The number of hydrogen-bond acceptors (Lipinski definition) is 4. The lowest BCUT2D eigenvalue weighted by atomic mass is 9.98. The van der Waals surface area contributed by atoms with E-state index in [2.05, 4.69) is 0 Å². The number of nitrogens with two attached hydrogens (primary N) is 1. The van der Waals surface area contributed by atoms with Gasteiger partial charge in [0.2, 0.25) is 0 Å². The first-order valence-electron chi connectivity index (χ1n) is 5.86. The molecule has 6 heteroatoms. The van der Waals surface area contributed by atoms with Crippen LogP contribution in [-0.4, -0.2) is 12.0 Å². The Balaban J connectivity index is 2.47. The molecule has 0 aliphatic carbocycles. The van der Waals surface area contributed by atoms with Crippen LogP contribution in [0.4, 0.5) is 5.69 Å². The van der Waals surface area contributed by atoms with E-state index in [0.717, 1.165) is 5.56 Å². The minimum absolute atomic E-state index is 0.0853. The molecule has 1 atom stereocenters. The van der Waals surface area contributed by atoms with Crippen molar-refractivity contribution in [1.82, 2.24) is 0 Å². The number of ether oxygens (including phenoxy) is 1. The second kappa shape index (κ2) is 5.90. The lowest BCUT2D eigenvalue weighted by molar-refractivity contribution is -0.384. The largest absolute Gasteiger partial charge is 0.496 e. The highest BCUT2D eigenvalue weighted by atomic mass is 35.5. The molecule has 0 saturated heterocycles. The summed E-state index contributed by atoms with van der Waals surface area (Å²) in [4.78, 5) is 10.4.